The van der Waals surface area contributed by atoms with Gasteiger partial charge in [-0.15, -0.1) is 0 Å². The van der Waals surface area contributed by atoms with Gasteiger partial charge in [0.25, 0.3) is 0 Å². The molecule has 0 aliphatic carbocycles. The largest absolute Gasteiger partial charge is 0.391 e. The number of nitrogens with one attached hydrogen (secondary N) is 1. The van der Waals surface area contributed by atoms with Crippen molar-refractivity contribution < 1.29 is 5.11 Å². The second kappa shape index (κ2) is 6.48. The summed E-state index contributed by atoms with van der Waals surface area (Å²) < 4.78 is 0. The van der Waals surface area contributed by atoms with Crippen LogP contribution in [0.2, 0.25) is 5.02 Å². The number of nitrogens with zero attached hydrogens (tertiary/aromatic N) is 1. The van der Waals surface area contributed by atoms with Gasteiger partial charge in [0, 0.05) is 6.54 Å². The Morgan fingerprint density at radius 2 is 2.18 bits per heavy atom. The molecule has 0 heterocycles. The molecule has 17 heavy (non-hydrogen) atoms. The van der Waals surface area contributed by atoms with E-state index in [1.165, 1.54) is 0 Å². The topological polar surface area (TPSA) is 56.0 Å². The Kier molecular flexibility index (Phi) is 5.27. The second-order valence-electron chi connectivity index (χ2n) is 4.47. The van der Waals surface area contributed by atoms with E-state index in [9.17, 15) is 5.11 Å². The molecule has 0 spiro atoms. The minimum Gasteiger partial charge on any atom is -0.391 e. The molecule has 0 amide bonds. The summed E-state index contributed by atoms with van der Waals surface area (Å²) >= 11 is 6.00. The normalized spacial score (nSPS) is 12.2. The molecule has 0 radical (unpaired) electrons. The Labute approximate surface area is 107 Å². The molecule has 92 valence electrons. The quantitative estimate of drug-likeness (QED) is 0.847. The molecule has 0 fully saturated rings. The van der Waals surface area contributed by atoms with Crippen molar-refractivity contribution in [2.75, 3.05) is 11.9 Å². The van der Waals surface area contributed by atoms with Crippen molar-refractivity contribution in [2.45, 2.75) is 26.4 Å². The number of nitriles is 1. The predicted octanol–water partition coefficient (Wildman–Crippen LogP) is 3.03. The number of aliphatic hydroxyl groups excluding tert-OH is 1. The molecule has 0 aromatic heterocycles. The first kappa shape index (κ1) is 13.8. The third-order valence-electron chi connectivity index (χ3n) is 2.37. The molecule has 1 atom stereocenters. The highest BCUT2D eigenvalue weighted by Crippen LogP contribution is 2.22. The summed E-state index contributed by atoms with van der Waals surface area (Å²) in [6.07, 6.45) is 0.364. The molecule has 0 aliphatic heterocycles. The first-order valence-corrected chi connectivity index (χ1v) is 6.02. The maximum absolute atomic E-state index is 9.71. The molecule has 0 saturated heterocycles. The van der Waals surface area contributed by atoms with Gasteiger partial charge in [-0.2, -0.15) is 5.26 Å². The molecule has 2 N–H and O–H groups in total. The average molecular weight is 253 g/mol. The molecule has 3 nitrogen and oxygen atoms in total. The minimum atomic E-state index is -0.387. The summed E-state index contributed by atoms with van der Waals surface area (Å²) in [7, 11) is 0. The maximum atomic E-state index is 9.71. The fourth-order valence-corrected chi connectivity index (χ4v) is 1.83. The van der Waals surface area contributed by atoms with Gasteiger partial charge in [0.2, 0.25) is 0 Å². The molecule has 1 unspecified atom stereocenters. The van der Waals surface area contributed by atoms with Gasteiger partial charge in [-0.05, 0) is 30.5 Å². The highest BCUT2D eigenvalue weighted by atomic mass is 35.5. The van der Waals surface area contributed by atoms with E-state index in [1.807, 2.05) is 6.07 Å². The number of hydrogen-bond donors (Lipinski definition) is 2. The summed E-state index contributed by atoms with van der Waals surface area (Å²) in [5, 5.41) is 22.0. The maximum Gasteiger partial charge on any atom is 0.0992 e. The van der Waals surface area contributed by atoms with Crippen molar-refractivity contribution in [3.05, 3.63) is 28.8 Å². The van der Waals surface area contributed by atoms with E-state index in [-0.39, 0.29) is 6.10 Å². The first-order valence-electron chi connectivity index (χ1n) is 5.64. The third kappa shape index (κ3) is 4.64. The molecule has 0 aliphatic rings. The zero-order valence-corrected chi connectivity index (χ0v) is 10.8. The van der Waals surface area contributed by atoms with E-state index in [4.69, 9.17) is 16.9 Å². The SMILES string of the molecule is CC(C)CC(O)CNc1ccc(C#N)cc1Cl. The fourth-order valence-electron chi connectivity index (χ4n) is 1.58. The third-order valence-corrected chi connectivity index (χ3v) is 2.68. The van der Waals surface area contributed by atoms with Crippen molar-refractivity contribution in [1.29, 1.82) is 5.26 Å². The first-order chi connectivity index (χ1) is 8.02. The van der Waals surface area contributed by atoms with Crippen LogP contribution in [0.4, 0.5) is 5.69 Å². The van der Waals surface area contributed by atoms with Crippen LogP contribution in [0.5, 0.6) is 0 Å². The Balaban J connectivity index is 2.55. The molecule has 1 aromatic carbocycles. The number of halogens is 1. The van der Waals surface area contributed by atoms with Crippen LogP contribution in [-0.2, 0) is 0 Å². The van der Waals surface area contributed by atoms with Gasteiger partial charge in [-0.3, -0.25) is 0 Å². The van der Waals surface area contributed by atoms with Crippen LogP contribution in [-0.4, -0.2) is 17.8 Å². The standard InChI is InChI=1S/C13H17ClN2O/c1-9(2)5-11(17)8-16-13-4-3-10(7-15)6-12(13)14/h3-4,6,9,11,16-17H,5,8H2,1-2H3. The van der Waals surface area contributed by atoms with Gasteiger partial charge >= 0.3 is 0 Å². The van der Waals surface area contributed by atoms with Crippen LogP contribution in [0.25, 0.3) is 0 Å². The van der Waals surface area contributed by atoms with Gasteiger partial charge in [0.05, 0.1) is 28.4 Å². The van der Waals surface area contributed by atoms with Crippen LogP contribution in [0.15, 0.2) is 18.2 Å². The van der Waals surface area contributed by atoms with E-state index in [0.717, 1.165) is 12.1 Å². The zero-order chi connectivity index (χ0) is 12.8. The summed E-state index contributed by atoms with van der Waals surface area (Å²) in [5.41, 5.74) is 1.27. The highest BCUT2D eigenvalue weighted by molar-refractivity contribution is 6.33. The number of rotatable bonds is 5. The Bertz CT molecular complexity index is 412. The molecular formula is C13H17ClN2O. The smallest absolute Gasteiger partial charge is 0.0992 e. The lowest BCUT2D eigenvalue weighted by Crippen LogP contribution is -2.21. The number of anilines is 1. The van der Waals surface area contributed by atoms with Gasteiger partial charge in [-0.25, -0.2) is 0 Å². The fraction of sp³-hybridized carbons (Fsp3) is 0.462. The second-order valence-corrected chi connectivity index (χ2v) is 4.88. The van der Waals surface area contributed by atoms with Gasteiger partial charge < -0.3 is 10.4 Å². The van der Waals surface area contributed by atoms with Gasteiger partial charge in [-0.1, -0.05) is 25.4 Å². The van der Waals surface area contributed by atoms with Crippen LogP contribution < -0.4 is 5.32 Å². The Morgan fingerprint density at radius 1 is 1.47 bits per heavy atom. The molecule has 4 heteroatoms. The van der Waals surface area contributed by atoms with E-state index in [0.29, 0.717) is 23.0 Å². The number of hydrogen-bond acceptors (Lipinski definition) is 3. The summed E-state index contributed by atoms with van der Waals surface area (Å²) in [5.74, 6) is 0.461. The summed E-state index contributed by atoms with van der Waals surface area (Å²) in [6, 6.07) is 7.08. The Hall–Kier alpha value is -1.24. The zero-order valence-electron chi connectivity index (χ0n) is 10.1. The van der Waals surface area contributed by atoms with Crippen LogP contribution in [0, 0.1) is 17.2 Å². The van der Waals surface area contributed by atoms with Crippen LogP contribution in [0.3, 0.4) is 0 Å². The van der Waals surface area contributed by atoms with E-state index in [1.54, 1.807) is 18.2 Å². The van der Waals surface area contributed by atoms with Crippen molar-refractivity contribution in [1.82, 2.24) is 0 Å². The molecule has 0 saturated carbocycles. The molecule has 1 rings (SSSR count). The summed E-state index contributed by atoms with van der Waals surface area (Å²) in [4.78, 5) is 0. The van der Waals surface area contributed by atoms with E-state index >= 15 is 0 Å². The monoisotopic (exact) mass is 252 g/mol. The van der Waals surface area contributed by atoms with Crippen molar-refractivity contribution in [3.8, 4) is 6.07 Å². The number of aliphatic hydroxyl groups is 1. The van der Waals surface area contributed by atoms with E-state index in [2.05, 4.69) is 19.2 Å². The molecule has 0 bridgehead atoms. The van der Waals surface area contributed by atoms with Crippen molar-refractivity contribution in [3.63, 3.8) is 0 Å². The van der Waals surface area contributed by atoms with Crippen LogP contribution in [0.1, 0.15) is 25.8 Å². The van der Waals surface area contributed by atoms with Crippen molar-refractivity contribution in [2.24, 2.45) is 5.92 Å². The molecular weight excluding hydrogens is 236 g/mol. The minimum absolute atomic E-state index is 0.387. The van der Waals surface area contributed by atoms with Gasteiger partial charge in [0.1, 0.15) is 0 Å². The lowest BCUT2D eigenvalue weighted by Gasteiger charge is -2.15. The van der Waals surface area contributed by atoms with Crippen molar-refractivity contribution >= 4 is 17.3 Å². The summed E-state index contributed by atoms with van der Waals surface area (Å²) in [6.45, 7) is 4.60. The lowest BCUT2D eigenvalue weighted by molar-refractivity contribution is 0.161. The predicted molar refractivity (Wildman–Crippen MR) is 70.1 cm³/mol. The molecule has 1 aromatic rings. The lowest BCUT2D eigenvalue weighted by atomic mass is 10.1. The van der Waals surface area contributed by atoms with Gasteiger partial charge in [0.15, 0.2) is 0 Å². The Morgan fingerprint density at radius 3 is 2.71 bits per heavy atom. The average Bonchev–Trinajstić information content (AvgIpc) is 2.26. The number of benzene rings is 1. The van der Waals surface area contributed by atoms with Crippen LogP contribution >= 0.6 is 11.6 Å². The highest BCUT2D eigenvalue weighted by Gasteiger charge is 2.08. The van der Waals surface area contributed by atoms with E-state index < -0.39 is 0 Å².